The summed E-state index contributed by atoms with van der Waals surface area (Å²) in [5.41, 5.74) is 13.7. The fourth-order valence-electron chi connectivity index (χ4n) is 8.56. The topological polar surface area (TPSA) is 197 Å². The maximum absolute atomic E-state index is 16.1. The molecule has 0 saturated heterocycles. The number of fused-ring (bicyclic) bond motifs is 1. The first-order chi connectivity index (χ1) is 26.2. The highest BCUT2D eigenvalue weighted by molar-refractivity contribution is 6.06. The van der Waals surface area contributed by atoms with E-state index in [1.165, 1.54) is 6.92 Å². The van der Waals surface area contributed by atoms with E-state index in [-0.39, 0.29) is 50.2 Å². The second kappa shape index (κ2) is 20.5. The number of benzene rings is 2. The zero-order chi connectivity index (χ0) is 40.3. The quantitative estimate of drug-likeness (QED) is 0.109. The Morgan fingerprint density at radius 1 is 0.964 bits per heavy atom. The predicted molar refractivity (Wildman–Crippen MR) is 213 cm³/mol. The van der Waals surface area contributed by atoms with Crippen LogP contribution in [0.2, 0.25) is 0 Å². The van der Waals surface area contributed by atoms with E-state index in [9.17, 15) is 24.6 Å². The summed E-state index contributed by atoms with van der Waals surface area (Å²) in [6, 6.07) is 12.3. The Morgan fingerprint density at radius 2 is 1.65 bits per heavy atom. The number of nitrogens with two attached hydrogens (primary N) is 2. The Kier molecular flexibility index (Phi) is 16.4. The fourth-order valence-corrected chi connectivity index (χ4v) is 8.56. The third-order valence-corrected chi connectivity index (χ3v) is 11.2. The van der Waals surface area contributed by atoms with Gasteiger partial charge in [-0.05, 0) is 54.2 Å². The Hall–Kier alpha value is -3.68. The van der Waals surface area contributed by atoms with E-state index in [4.69, 9.17) is 16.2 Å². The molecule has 55 heavy (non-hydrogen) atoms. The van der Waals surface area contributed by atoms with Crippen molar-refractivity contribution in [2.24, 2.45) is 35.1 Å². The van der Waals surface area contributed by atoms with E-state index in [0.717, 1.165) is 48.1 Å². The van der Waals surface area contributed by atoms with Crippen LogP contribution in [0.15, 0.2) is 48.5 Å². The lowest BCUT2D eigenvalue weighted by Gasteiger charge is -2.49. The van der Waals surface area contributed by atoms with Crippen molar-refractivity contribution in [3.05, 3.63) is 65.2 Å². The van der Waals surface area contributed by atoms with Crippen molar-refractivity contribution >= 4 is 23.5 Å². The summed E-state index contributed by atoms with van der Waals surface area (Å²) in [5, 5.41) is 27.6. The number of hydrogen-bond donors (Lipinski definition) is 6. The first-order valence-electron chi connectivity index (χ1n) is 20.2. The third kappa shape index (κ3) is 11.0. The highest BCUT2D eigenvalue weighted by atomic mass is 16.5. The first-order valence-corrected chi connectivity index (χ1v) is 20.2. The molecule has 1 fully saturated rings. The summed E-state index contributed by atoms with van der Waals surface area (Å²) in [5.74, 6) is -3.98. The predicted octanol–water partition coefficient (Wildman–Crippen LogP) is 3.59. The number of ketones is 1. The zero-order valence-electron chi connectivity index (χ0n) is 33.5. The van der Waals surface area contributed by atoms with Gasteiger partial charge in [0.2, 0.25) is 17.7 Å². The fraction of sp³-hybridized carbons (Fsp3) is 0.628. The van der Waals surface area contributed by atoms with Gasteiger partial charge in [-0.1, -0.05) is 102 Å². The number of hydrogen-bond acceptors (Lipinski definition) is 10. The molecule has 6 atom stereocenters. The minimum atomic E-state index is -1.87. The van der Waals surface area contributed by atoms with Crippen LogP contribution in [0, 0.1) is 23.7 Å². The van der Waals surface area contributed by atoms with Crippen LogP contribution in [-0.2, 0) is 32.1 Å². The van der Waals surface area contributed by atoms with E-state index in [1.54, 1.807) is 0 Å². The summed E-state index contributed by atoms with van der Waals surface area (Å²) in [7, 11) is 0. The number of ether oxygens (including phenoxy) is 1. The van der Waals surface area contributed by atoms with Crippen molar-refractivity contribution in [3.63, 3.8) is 0 Å². The van der Waals surface area contributed by atoms with E-state index in [0.29, 0.717) is 30.9 Å². The van der Waals surface area contributed by atoms with Gasteiger partial charge in [0.25, 0.3) is 0 Å². The number of aliphatic hydroxyl groups excluding tert-OH is 2. The molecule has 0 radical (unpaired) electrons. The molecule has 0 bridgehead atoms. The minimum Gasteiger partial charge on any atom is -0.493 e. The molecule has 1 aliphatic carbocycles. The monoisotopic (exact) mass is 763 g/mol. The smallest absolute Gasteiger partial charge is 0.247 e. The van der Waals surface area contributed by atoms with Crippen molar-refractivity contribution < 1.29 is 34.1 Å². The van der Waals surface area contributed by atoms with Gasteiger partial charge in [-0.25, -0.2) is 0 Å². The molecule has 3 amide bonds. The number of nitrogens with zero attached hydrogens (tertiary/aromatic N) is 1. The Bertz CT molecular complexity index is 1580. The van der Waals surface area contributed by atoms with Crippen LogP contribution >= 0.6 is 0 Å². The number of carbonyl (C=O) groups is 4. The van der Waals surface area contributed by atoms with E-state index >= 15 is 4.79 Å². The van der Waals surface area contributed by atoms with E-state index in [1.807, 2.05) is 76.2 Å². The summed E-state index contributed by atoms with van der Waals surface area (Å²) in [6.45, 7) is 10.1. The Labute approximate surface area is 327 Å². The molecule has 2 aliphatic rings. The highest BCUT2D eigenvalue weighted by Gasteiger charge is 2.60. The maximum Gasteiger partial charge on any atom is 0.247 e. The van der Waals surface area contributed by atoms with Gasteiger partial charge in [-0.2, -0.15) is 0 Å². The number of amides is 3. The Balaban J connectivity index is 1.94. The van der Waals surface area contributed by atoms with Gasteiger partial charge in [-0.15, -0.1) is 0 Å². The molecule has 8 N–H and O–H groups in total. The van der Waals surface area contributed by atoms with Crippen LogP contribution in [-0.4, -0.2) is 88.6 Å². The summed E-state index contributed by atoms with van der Waals surface area (Å²) in [6.07, 6.45) is 3.54. The molecule has 1 aliphatic heterocycles. The largest absolute Gasteiger partial charge is 0.493 e. The first kappa shape index (κ1) is 44.0. The van der Waals surface area contributed by atoms with Crippen molar-refractivity contribution in [2.45, 2.75) is 122 Å². The second-order valence-corrected chi connectivity index (χ2v) is 16.5. The van der Waals surface area contributed by atoms with Gasteiger partial charge in [0.15, 0.2) is 5.78 Å². The van der Waals surface area contributed by atoms with Crippen LogP contribution < -0.4 is 26.8 Å². The molecule has 12 nitrogen and oxygen atoms in total. The molecule has 12 heteroatoms. The van der Waals surface area contributed by atoms with Gasteiger partial charge < -0.3 is 37.1 Å². The minimum absolute atomic E-state index is 0.0144. The SMILES string of the molecule is CC(=O)N(C(=O)[C@@H](N)Cc1ccccc1)[C@](CC(C)C)(C(=O)[C@@H](CC1CCCCC1)C(O)C(N)C(=O)NCC(C)C)[C@H]1COc2ccc(CNCCO)cc21. The molecule has 1 heterocycles. The molecule has 2 aromatic carbocycles. The van der Waals surface area contributed by atoms with Gasteiger partial charge in [-0.3, -0.25) is 24.1 Å². The zero-order valence-corrected chi connectivity index (χ0v) is 33.5. The second-order valence-electron chi connectivity index (χ2n) is 16.5. The third-order valence-electron chi connectivity index (χ3n) is 11.2. The average molecular weight is 764 g/mol. The van der Waals surface area contributed by atoms with Crippen LogP contribution in [0.4, 0.5) is 0 Å². The maximum atomic E-state index is 16.1. The molecule has 2 unspecified atom stereocenters. The molecule has 2 aromatic rings. The molecule has 1 saturated carbocycles. The molecule has 0 aromatic heterocycles. The Morgan fingerprint density at radius 3 is 2.27 bits per heavy atom. The molecule has 304 valence electrons. The standard InChI is InChI=1S/C43H65N5O7/c1-27(2)23-43(35-26-55-37-17-16-32(21-33(35)37)25-46-18-19-49,48(29(5)50)42(54)36(44)22-31-14-10-7-11-15-31)40(52)34(20-30-12-8-6-9-13-30)39(51)38(45)41(53)47-24-28(3)4/h7,10-11,14-17,21,27-28,30,34-36,38-39,46,49,51H,6,8-9,12-13,18-20,22-26,44-45H2,1-5H3,(H,47,53)/t34-,35-,36-,38?,39?,43-/m0/s1. The van der Waals surface area contributed by atoms with Crippen molar-refractivity contribution in [1.29, 1.82) is 0 Å². The highest BCUT2D eigenvalue weighted by Crippen LogP contribution is 2.49. The number of nitrogens with one attached hydrogen (secondary N) is 2. The number of aliphatic hydroxyl groups is 2. The normalized spacial score (nSPS) is 19.1. The van der Waals surface area contributed by atoms with Crippen molar-refractivity contribution in [2.75, 3.05) is 26.3 Å². The number of imide groups is 1. The molecular weight excluding hydrogens is 699 g/mol. The lowest BCUT2D eigenvalue weighted by molar-refractivity contribution is -0.164. The van der Waals surface area contributed by atoms with Crippen molar-refractivity contribution in [3.8, 4) is 5.75 Å². The van der Waals surface area contributed by atoms with Gasteiger partial charge >= 0.3 is 0 Å². The van der Waals surface area contributed by atoms with Crippen molar-refractivity contribution in [1.82, 2.24) is 15.5 Å². The molecule has 0 spiro atoms. The van der Waals surface area contributed by atoms with Gasteiger partial charge in [0.05, 0.1) is 31.3 Å². The number of rotatable bonds is 20. The number of Topliss-reactive ketones (excluding diaryl/α,β-unsaturated/α-hetero) is 1. The lowest BCUT2D eigenvalue weighted by Crippen LogP contribution is -2.68. The molecule has 4 rings (SSSR count). The summed E-state index contributed by atoms with van der Waals surface area (Å²) in [4.78, 5) is 59.7. The average Bonchev–Trinajstić information content (AvgIpc) is 3.59. The van der Waals surface area contributed by atoms with Gasteiger partial charge in [0.1, 0.15) is 17.3 Å². The number of carbonyl (C=O) groups excluding carboxylic acids is 4. The molecular formula is C43H65N5O7. The summed E-state index contributed by atoms with van der Waals surface area (Å²) >= 11 is 0. The van der Waals surface area contributed by atoms with Gasteiger partial charge in [0, 0.05) is 38.0 Å². The van der Waals surface area contributed by atoms with Crippen LogP contribution in [0.25, 0.3) is 0 Å². The van der Waals surface area contributed by atoms with E-state index < -0.39 is 59.1 Å². The summed E-state index contributed by atoms with van der Waals surface area (Å²) < 4.78 is 6.28. The lowest BCUT2D eigenvalue weighted by atomic mass is 9.64. The van der Waals surface area contributed by atoms with E-state index in [2.05, 4.69) is 10.6 Å². The van der Waals surface area contributed by atoms with Crippen LogP contribution in [0.3, 0.4) is 0 Å². The van der Waals surface area contributed by atoms with Crippen LogP contribution in [0.1, 0.15) is 102 Å². The van der Waals surface area contributed by atoms with Crippen LogP contribution in [0.5, 0.6) is 5.75 Å².